The maximum absolute atomic E-state index is 4.78. The zero-order chi connectivity index (χ0) is 47.4. The summed E-state index contributed by atoms with van der Waals surface area (Å²) in [5.41, 5.74) is 4.52. The Kier molecular flexibility index (Phi) is 44.2. The number of aliphatic imine (C=N–C) groups is 2. The number of hydrogen-bond donors (Lipinski definition) is 0. The van der Waals surface area contributed by atoms with Crippen molar-refractivity contribution in [3.05, 3.63) is 59.7 Å². The van der Waals surface area contributed by atoms with Crippen molar-refractivity contribution in [2.75, 3.05) is 0 Å². The lowest BCUT2D eigenvalue weighted by Crippen LogP contribution is -1.87. The van der Waals surface area contributed by atoms with E-state index in [2.05, 4.69) is 86.1 Å². The maximum atomic E-state index is 4.78. The summed E-state index contributed by atoms with van der Waals surface area (Å²) in [7, 11) is 0. The Balaban J connectivity index is 1.45. The van der Waals surface area contributed by atoms with E-state index in [1.54, 1.807) is 0 Å². The van der Waals surface area contributed by atoms with Crippen molar-refractivity contribution in [1.29, 1.82) is 0 Å². The van der Waals surface area contributed by atoms with Gasteiger partial charge in [-0.05, 0) is 48.9 Å². The molecule has 2 rings (SSSR count). The highest BCUT2D eigenvalue weighted by atomic mass is 14.8. The zero-order valence-corrected chi connectivity index (χ0v) is 44.5. The molecule has 0 N–H and O–H groups in total. The summed E-state index contributed by atoms with van der Waals surface area (Å²) in [6.07, 6.45) is 64.8. The van der Waals surface area contributed by atoms with Crippen molar-refractivity contribution < 1.29 is 0 Å². The van der Waals surface area contributed by atoms with Crippen molar-refractivity contribution in [1.82, 2.24) is 0 Å². The van der Waals surface area contributed by atoms with E-state index in [-0.39, 0.29) is 0 Å². The second kappa shape index (κ2) is 49.3. The summed E-state index contributed by atoms with van der Waals surface area (Å²) in [6.45, 7) is 4.61. The van der Waals surface area contributed by atoms with Gasteiger partial charge in [0.2, 0.25) is 0 Å². The third kappa shape index (κ3) is 39.4. The number of unbranched alkanes of at least 4 members (excludes halogenated alkanes) is 39. The van der Waals surface area contributed by atoms with Gasteiger partial charge in [-0.15, -0.1) is 23.7 Å². The van der Waals surface area contributed by atoms with E-state index in [4.69, 9.17) is 9.98 Å². The van der Waals surface area contributed by atoms with Crippen LogP contribution in [0, 0.1) is 23.7 Å². The first-order chi connectivity index (χ1) is 33.3. The van der Waals surface area contributed by atoms with Crippen LogP contribution in [0.5, 0.6) is 0 Å². The molecule has 0 radical (unpaired) electrons. The Morgan fingerprint density at radius 2 is 0.507 bits per heavy atom. The lowest BCUT2D eigenvalue weighted by molar-refractivity contribution is 0.520. The van der Waals surface area contributed by atoms with Gasteiger partial charge in [0.05, 0.1) is 11.4 Å². The van der Waals surface area contributed by atoms with Crippen LogP contribution in [-0.4, -0.2) is 12.4 Å². The molecule has 0 amide bonds. The Morgan fingerprint density at radius 1 is 0.284 bits per heavy atom. The molecule has 2 nitrogen and oxygen atoms in total. The minimum Gasteiger partial charge on any atom is -0.255 e. The van der Waals surface area contributed by atoms with Crippen LogP contribution in [-0.2, 0) is 12.8 Å². The normalized spacial score (nSPS) is 11.4. The smallest absolute Gasteiger partial charge is 0.0662 e. The summed E-state index contributed by atoms with van der Waals surface area (Å²) in [6, 6.07) is 16.9. The molecule has 0 heterocycles. The van der Waals surface area contributed by atoms with E-state index in [0.717, 1.165) is 49.9 Å². The fourth-order valence-corrected chi connectivity index (χ4v) is 9.43. The Hall–Kier alpha value is -3.10. The van der Waals surface area contributed by atoms with E-state index in [1.165, 1.54) is 262 Å². The van der Waals surface area contributed by atoms with Gasteiger partial charge in [-0.3, -0.25) is 9.98 Å². The highest BCUT2D eigenvalue weighted by Gasteiger charge is 2.02. The van der Waals surface area contributed by atoms with Crippen molar-refractivity contribution in [3.8, 4) is 23.7 Å². The molecule has 0 unspecified atom stereocenters. The third-order valence-electron chi connectivity index (χ3n) is 13.8. The Labute approximate surface area is 418 Å². The molecular formula is C65H106N2. The van der Waals surface area contributed by atoms with Gasteiger partial charge < -0.3 is 0 Å². The van der Waals surface area contributed by atoms with Crippen molar-refractivity contribution in [2.45, 2.75) is 303 Å². The minimum absolute atomic E-state index is 0.884. The fraction of sp³-hybridized carbons (Fsp3) is 0.723. The number of hydrogen-bond acceptors (Lipinski definition) is 2. The molecule has 2 aromatic carbocycles. The standard InChI is InChI=1S/C65H106N2/c1-3-5-7-9-11-13-15-17-19-21-23-25-27-28-29-31-33-35-37-39-41-43-45-47-49-55-63-57-51-53-59-65(63)67-61-60-66-64-58-52-50-56-62(64)54-48-46-44-42-40-38-36-34-32-30-26-24-22-20-18-16-14-12-10-8-6-4-2/h50-53,56-61H,3-43,48-49,54-55H2,1-2H3. The number of aryl methyl sites for hydroxylation is 2. The molecule has 0 atom stereocenters. The largest absolute Gasteiger partial charge is 0.255 e. The molecule has 0 aliphatic rings. The van der Waals surface area contributed by atoms with Crippen LogP contribution in [0.15, 0.2) is 58.5 Å². The SMILES string of the molecule is CCCCCCCCCCCCCCCCCCCCC#CCCc1ccccc1N=CC=Nc1ccccc1CCC#CCCCCCCCCCCCCCCCCCCCCCCC. The van der Waals surface area contributed by atoms with Gasteiger partial charge in [-0.1, -0.05) is 288 Å². The average molecular weight is 916 g/mol. The monoisotopic (exact) mass is 915 g/mol. The van der Waals surface area contributed by atoms with Crippen LogP contribution >= 0.6 is 0 Å². The number of nitrogens with zero attached hydrogens (tertiary/aromatic N) is 2. The number of benzene rings is 2. The predicted octanol–water partition coefficient (Wildman–Crippen LogP) is 21.7. The maximum Gasteiger partial charge on any atom is 0.0662 e. The first-order valence-electron chi connectivity index (χ1n) is 29.5. The average Bonchev–Trinajstić information content (AvgIpc) is 3.35. The molecule has 376 valence electrons. The Morgan fingerprint density at radius 3 is 0.776 bits per heavy atom. The lowest BCUT2D eigenvalue weighted by Gasteiger charge is -2.04. The second-order valence-electron chi connectivity index (χ2n) is 20.1. The van der Waals surface area contributed by atoms with Crippen molar-refractivity contribution in [3.63, 3.8) is 0 Å². The van der Waals surface area contributed by atoms with Crippen LogP contribution in [0.4, 0.5) is 11.4 Å². The molecular weight excluding hydrogens is 809 g/mol. The van der Waals surface area contributed by atoms with Gasteiger partial charge in [0.25, 0.3) is 0 Å². The van der Waals surface area contributed by atoms with Crippen LogP contribution in [0.2, 0.25) is 0 Å². The molecule has 0 aliphatic carbocycles. The first-order valence-corrected chi connectivity index (χ1v) is 29.5. The molecule has 0 saturated heterocycles. The highest BCUT2D eigenvalue weighted by molar-refractivity contribution is 6.17. The Bertz CT molecular complexity index is 1540. The summed E-state index contributed by atoms with van der Waals surface area (Å²) in [5.74, 6) is 13.7. The second-order valence-corrected chi connectivity index (χ2v) is 20.1. The van der Waals surface area contributed by atoms with Crippen LogP contribution in [0.3, 0.4) is 0 Å². The highest BCUT2D eigenvalue weighted by Crippen LogP contribution is 2.22. The third-order valence-corrected chi connectivity index (χ3v) is 13.8. The van der Waals surface area contributed by atoms with Gasteiger partial charge in [0.1, 0.15) is 0 Å². The topological polar surface area (TPSA) is 24.7 Å². The van der Waals surface area contributed by atoms with Crippen LogP contribution < -0.4 is 0 Å². The number of rotatable bonds is 46. The predicted molar refractivity (Wildman–Crippen MR) is 302 cm³/mol. The molecule has 2 aromatic rings. The van der Waals surface area contributed by atoms with Crippen LogP contribution in [0.1, 0.15) is 301 Å². The summed E-state index contributed by atoms with van der Waals surface area (Å²) < 4.78 is 0. The molecule has 0 bridgehead atoms. The van der Waals surface area contributed by atoms with Crippen molar-refractivity contribution >= 4 is 23.8 Å². The van der Waals surface area contributed by atoms with Gasteiger partial charge in [-0.25, -0.2) is 0 Å². The molecule has 0 fully saturated rings. The van der Waals surface area contributed by atoms with Gasteiger partial charge in [0.15, 0.2) is 0 Å². The van der Waals surface area contributed by atoms with E-state index >= 15 is 0 Å². The van der Waals surface area contributed by atoms with Crippen LogP contribution in [0.25, 0.3) is 0 Å². The first kappa shape index (κ1) is 60.0. The zero-order valence-electron chi connectivity index (χ0n) is 44.5. The molecule has 0 aromatic heterocycles. The van der Waals surface area contributed by atoms with Crippen molar-refractivity contribution in [2.24, 2.45) is 9.98 Å². The number of para-hydroxylation sites is 2. The van der Waals surface area contributed by atoms with E-state index in [1.807, 2.05) is 12.4 Å². The summed E-state index contributed by atoms with van der Waals surface area (Å²) in [5, 5.41) is 0. The fourth-order valence-electron chi connectivity index (χ4n) is 9.43. The summed E-state index contributed by atoms with van der Waals surface area (Å²) >= 11 is 0. The molecule has 0 spiro atoms. The summed E-state index contributed by atoms with van der Waals surface area (Å²) in [4.78, 5) is 9.56. The van der Waals surface area contributed by atoms with Gasteiger partial charge >= 0.3 is 0 Å². The lowest BCUT2D eigenvalue weighted by atomic mass is 10.0. The van der Waals surface area contributed by atoms with E-state index < -0.39 is 0 Å². The molecule has 67 heavy (non-hydrogen) atoms. The molecule has 0 saturated carbocycles. The van der Waals surface area contributed by atoms with Gasteiger partial charge in [-0.2, -0.15) is 0 Å². The minimum atomic E-state index is 0.884. The molecule has 0 aliphatic heterocycles. The van der Waals surface area contributed by atoms with E-state index in [0.29, 0.717) is 0 Å². The van der Waals surface area contributed by atoms with E-state index in [9.17, 15) is 0 Å². The van der Waals surface area contributed by atoms with Gasteiger partial charge in [0, 0.05) is 38.1 Å². The quantitative estimate of drug-likeness (QED) is 0.0359. The molecule has 2 heteroatoms.